The van der Waals surface area contributed by atoms with Crippen LogP contribution in [0.3, 0.4) is 0 Å². The van der Waals surface area contributed by atoms with Crippen molar-refractivity contribution in [3.05, 3.63) is 40.3 Å². The molecule has 0 fully saturated rings. The van der Waals surface area contributed by atoms with Crippen LogP contribution in [0, 0.1) is 6.92 Å². The van der Waals surface area contributed by atoms with Gasteiger partial charge in [0.1, 0.15) is 0 Å². The molecule has 0 aliphatic carbocycles. The van der Waals surface area contributed by atoms with E-state index in [4.69, 9.17) is 4.74 Å². The molecule has 5 nitrogen and oxygen atoms in total. The quantitative estimate of drug-likeness (QED) is 0.888. The fraction of sp³-hybridized carbons (Fsp3) is 0.250. The van der Waals surface area contributed by atoms with Crippen LogP contribution < -0.4 is 10.1 Å². The van der Waals surface area contributed by atoms with E-state index in [1.54, 1.807) is 23.6 Å². The topological polar surface area (TPSA) is 64.1 Å². The number of rotatable bonds is 5. The predicted octanol–water partition coefficient (Wildman–Crippen LogP) is 1.54. The van der Waals surface area contributed by atoms with Gasteiger partial charge in [0.2, 0.25) is 0 Å². The molecule has 0 bridgehead atoms. The number of ether oxygens (including phenoxy) is 1. The Morgan fingerprint density at radius 1 is 1.50 bits per heavy atom. The van der Waals surface area contributed by atoms with Crippen molar-refractivity contribution < 1.29 is 9.53 Å². The Labute approximate surface area is 109 Å². The molecule has 0 atom stereocenters. The summed E-state index contributed by atoms with van der Waals surface area (Å²) < 4.78 is 5.19. The number of nitrogens with one attached hydrogen (secondary N) is 1. The van der Waals surface area contributed by atoms with Crippen LogP contribution in [0.5, 0.6) is 6.01 Å². The standard InChI is InChI=1S/C12H13N3O2S/c1-9-4-5-13-12(15-9)17-8-11(16)14-7-10-3-2-6-18-10/h2-6H,7-8H2,1H3,(H,14,16). The first kappa shape index (κ1) is 12.5. The van der Waals surface area contributed by atoms with Crippen molar-refractivity contribution in [1.29, 1.82) is 0 Å². The summed E-state index contributed by atoms with van der Waals surface area (Å²) in [6, 6.07) is 5.91. The van der Waals surface area contributed by atoms with Crippen LogP contribution in [0.4, 0.5) is 0 Å². The van der Waals surface area contributed by atoms with Gasteiger partial charge in [0.05, 0.1) is 6.54 Å². The number of thiophene rings is 1. The average Bonchev–Trinajstić information content (AvgIpc) is 2.87. The lowest BCUT2D eigenvalue weighted by Crippen LogP contribution is -2.28. The molecule has 0 aliphatic rings. The van der Waals surface area contributed by atoms with Gasteiger partial charge in [-0.15, -0.1) is 11.3 Å². The molecule has 18 heavy (non-hydrogen) atoms. The van der Waals surface area contributed by atoms with Crippen LogP contribution in [0.25, 0.3) is 0 Å². The fourth-order valence-electron chi connectivity index (χ4n) is 1.28. The van der Waals surface area contributed by atoms with Crippen LogP contribution in [-0.4, -0.2) is 22.5 Å². The largest absolute Gasteiger partial charge is 0.453 e. The third kappa shape index (κ3) is 3.81. The van der Waals surface area contributed by atoms with Crippen LogP contribution in [0.15, 0.2) is 29.8 Å². The molecule has 0 aromatic carbocycles. The first-order valence-corrected chi connectivity index (χ1v) is 6.33. The number of hydrogen-bond donors (Lipinski definition) is 1. The summed E-state index contributed by atoms with van der Waals surface area (Å²) in [6.07, 6.45) is 1.60. The Kier molecular flexibility index (Phi) is 4.25. The second-order valence-corrected chi connectivity index (χ2v) is 4.66. The molecule has 2 aromatic heterocycles. The molecular weight excluding hydrogens is 250 g/mol. The van der Waals surface area contributed by atoms with E-state index >= 15 is 0 Å². The van der Waals surface area contributed by atoms with Crippen molar-refractivity contribution >= 4 is 17.2 Å². The molecular formula is C12H13N3O2S. The maximum absolute atomic E-state index is 11.5. The van der Waals surface area contributed by atoms with Gasteiger partial charge < -0.3 is 10.1 Å². The lowest BCUT2D eigenvalue weighted by atomic mass is 10.4. The van der Waals surface area contributed by atoms with E-state index in [2.05, 4.69) is 15.3 Å². The third-order valence-corrected chi connectivity index (χ3v) is 3.02. The highest BCUT2D eigenvalue weighted by atomic mass is 32.1. The molecule has 0 radical (unpaired) electrons. The number of carbonyl (C=O) groups is 1. The van der Waals surface area contributed by atoms with Gasteiger partial charge in [0.25, 0.3) is 5.91 Å². The highest BCUT2D eigenvalue weighted by molar-refractivity contribution is 7.09. The summed E-state index contributed by atoms with van der Waals surface area (Å²) in [5.41, 5.74) is 0.805. The van der Waals surface area contributed by atoms with Crippen LogP contribution >= 0.6 is 11.3 Å². The van der Waals surface area contributed by atoms with Crippen LogP contribution in [-0.2, 0) is 11.3 Å². The molecule has 94 valence electrons. The smallest absolute Gasteiger partial charge is 0.317 e. The summed E-state index contributed by atoms with van der Waals surface area (Å²) in [6.45, 7) is 2.29. The number of aromatic nitrogens is 2. The van der Waals surface area contributed by atoms with E-state index in [9.17, 15) is 4.79 Å². The molecule has 0 spiro atoms. The van der Waals surface area contributed by atoms with Gasteiger partial charge in [-0.1, -0.05) is 6.07 Å². The van der Waals surface area contributed by atoms with Crippen LogP contribution in [0.2, 0.25) is 0 Å². The van der Waals surface area contributed by atoms with E-state index < -0.39 is 0 Å². The lowest BCUT2D eigenvalue weighted by Gasteiger charge is -2.05. The molecule has 1 amide bonds. The minimum Gasteiger partial charge on any atom is -0.453 e. The number of hydrogen-bond acceptors (Lipinski definition) is 5. The summed E-state index contributed by atoms with van der Waals surface area (Å²) in [5, 5.41) is 4.73. The molecule has 2 heterocycles. The third-order valence-electron chi connectivity index (χ3n) is 2.14. The monoisotopic (exact) mass is 263 g/mol. The molecule has 0 unspecified atom stereocenters. The zero-order valence-electron chi connectivity index (χ0n) is 9.92. The first-order valence-electron chi connectivity index (χ1n) is 5.45. The Bertz CT molecular complexity index is 514. The average molecular weight is 263 g/mol. The van der Waals surface area contributed by atoms with Gasteiger partial charge >= 0.3 is 6.01 Å². The Morgan fingerprint density at radius 3 is 3.11 bits per heavy atom. The van der Waals surface area contributed by atoms with E-state index in [-0.39, 0.29) is 18.5 Å². The Hall–Kier alpha value is -1.95. The zero-order chi connectivity index (χ0) is 12.8. The summed E-state index contributed by atoms with van der Waals surface area (Å²) in [5.74, 6) is -0.187. The van der Waals surface area contributed by atoms with E-state index in [0.29, 0.717) is 6.54 Å². The van der Waals surface area contributed by atoms with Crippen molar-refractivity contribution in [3.63, 3.8) is 0 Å². The Balaban J connectivity index is 1.75. The second-order valence-electron chi connectivity index (χ2n) is 3.63. The zero-order valence-corrected chi connectivity index (χ0v) is 10.7. The number of aryl methyl sites for hydroxylation is 1. The molecule has 6 heteroatoms. The van der Waals surface area contributed by atoms with Gasteiger partial charge in [0, 0.05) is 16.8 Å². The molecule has 2 rings (SSSR count). The van der Waals surface area contributed by atoms with Gasteiger partial charge in [-0.05, 0) is 24.4 Å². The second kappa shape index (κ2) is 6.11. The van der Waals surface area contributed by atoms with Gasteiger partial charge in [-0.2, -0.15) is 0 Å². The fourth-order valence-corrected chi connectivity index (χ4v) is 1.92. The molecule has 0 saturated heterocycles. The van der Waals surface area contributed by atoms with Gasteiger partial charge in [-0.3, -0.25) is 4.79 Å². The normalized spacial score (nSPS) is 10.1. The van der Waals surface area contributed by atoms with E-state index in [0.717, 1.165) is 10.6 Å². The lowest BCUT2D eigenvalue weighted by molar-refractivity contribution is -0.123. The molecule has 0 saturated carbocycles. The van der Waals surface area contributed by atoms with E-state index in [1.165, 1.54) is 0 Å². The molecule has 0 aliphatic heterocycles. The summed E-state index contributed by atoms with van der Waals surface area (Å²) in [7, 11) is 0. The minimum atomic E-state index is -0.187. The van der Waals surface area contributed by atoms with Crippen molar-refractivity contribution in [2.45, 2.75) is 13.5 Å². The highest BCUT2D eigenvalue weighted by Gasteiger charge is 2.04. The maximum atomic E-state index is 11.5. The molecule has 2 aromatic rings. The minimum absolute atomic E-state index is 0.0746. The van der Waals surface area contributed by atoms with Crippen molar-refractivity contribution in [1.82, 2.24) is 15.3 Å². The SMILES string of the molecule is Cc1ccnc(OCC(=O)NCc2cccs2)n1. The number of carbonyl (C=O) groups excluding carboxylic acids is 1. The summed E-state index contributed by atoms with van der Waals surface area (Å²) in [4.78, 5) is 20.6. The number of amides is 1. The first-order chi connectivity index (χ1) is 8.74. The van der Waals surface area contributed by atoms with Crippen LogP contribution in [0.1, 0.15) is 10.6 Å². The van der Waals surface area contributed by atoms with Crippen molar-refractivity contribution in [3.8, 4) is 6.01 Å². The number of nitrogens with zero attached hydrogens (tertiary/aromatic N) is 2. The van der Waals surface area contributed by atoms with Crippen molar-refractivity contribution in [2.75, 3.05) is 6.61 Å². The predicted molar refractivity (Wildman–Crippen MR) is 68.4 cm³/mol. The van der Waals surface area contributed by atoms with E-state index in [1.807, 2.05) is 24.4 Å². The van der Waals surface area contributed by atoms with Gasteiger partial charge in [0.15, 0.2) is 6.61 Å². The molecule has 1 N–H and O–H groups in total. The highest BCUT2D eigenvalue weighted by Crippen LogP contribution is 2.07. The van der Waals surface area contributed by atoms with Crippen molar-refractivity contribution in [2.24, 2.45) is 0 Å². The summed E-state index contributed by atoms with van der Waals surface area (Å²) >= 11 is 1.60. The van der Waals surface area contributed by atoms with Gasteiger partial charge in [-0.25, -0.2) is 9.97 Å². The Morgan fingerprint density at radius 2 is 2.39 bits per heavy atom. The maximum Gasteiger partial charge on any atom is 0.317 e.